The standard InChI is InChI=1S/C28H37Cl2N3O6S/c1-4-6-13-31-28(35)24(5-2)32(19-20-9-11-22(29)23(30)17-20)27(34)8-7-14-33(40(3,36)37)21-10-12-25-26(18-21)39-16-15-38-25/h9-12,17-18,24H,4-8,13-16,19H2,1-3H3,(H,31,35). The lowest BCUT2D eigenvalue weighted by atomic mass is 10.1. The van der Waals surface area contributed by atoms with E-state index in [2.05, 4.69) is 5.32 Å². The van der Waals surface area contributed by atoms with Crippen molar-refractivity contribution in [3.63, 3.8) is 0 Å². The maximum atomic E-state index is 13.6. The third kappa shape index (κ3) is 8.65. The lowest BCUT2D eigenvalue weighted by molar-refractivity contribution is -0.141. The summed E-state index contributed by atoms with van der Waals surface area (Å²) in [6.45, 7) is 5.46. The number of nitrogens with one attached hydrogen (secondary N) is 1. The average molecular weight is 615 g/mol. The van der Waals surface area contributed by atoms with Crippen LogP contribution in [0.3, 0.4) is 0 Å². The van der Waals surface area contributed by atoms with Gasteiger partial charge in [-0.3, -0.25) is 13.9 Å². The molecule has 0 radical (unpaired) electrons. The smallest absolute Gasteiger partial charge is 0.242 e. The lowest BCUT2D eigenvalue weighted by Crippen LogP contribution is -2.49. The Bertz CT molecular complexity index is 1290. The summed E-state index contributed by atoms with van der Waals surface area (Å²) in [7, 11) is -3.65. The Morgan fingerprint density at radius 1 is 1.00 bits per heavy atom. The monoisotopic (exact) mass is 613 g/mol. The molecule has 1 aliphatic heterocycles. The van der Waals surface area contributed by atoms with Crippen LogP contribution in [-0.2, 0) is 26.2 Å². The van der Waals surface area contributed by atoms with Gasteiger partial charge in [-0.25, -0.2) is 8.42 Å². The third-order valence-corrected chi connectivity index (χ3v) is 8.45. The molecular formula is C28H37Cl2N3O6S. The van der Waals surface area contributed by atoms with Crippen LogP contribution >= 0.6 is 23.2 Å². The highest BCUT2D eigenvalue weighted by Crippen LogP contribution is 2.35. The van der Waals surface area contributed by atoms with E-state index in [9.17, 15) is 18.0 Å². The summed E-state index contributed by atoms with van der Waals surface area (Å²) >= 11 is 12.3. The van der Waals surface area contributed by atoms with Crippen molar-refractivity contribution in [1.82, 2.24) is 10.2 Å². The second kappa shape index (κ2) is 14.8. The highest BCUT2D eigenvalue weighted by atomic mass is 35.5. The SMILES string of the molecule is CCCCNC(=O)C(CC)N(Cc1ccc(Cl)c(Cl)c1)C(=O)CCCN(c1ccc2c(c1)OCCO2)S(C)(=O)=O. The molecule has 1 heterocycles. The second-order valence-corrected chi connectivity index (χ2v) is 12.3. The van der Waals surface area contributed by atoms with Gasteiger partial charge in [0.05, 0.1) is 22.0 Å². The fourth-order valence-electron chi connectivity index (χ4n) is 4.45. The maximum Gasteiger partial charge on any atom is 0.242 e. The minimum absolute atomic E-state index is 0.0383. The van der Waals surface area contributed by atoms with Crippen molar-refractivity contribution in [1.29, 1.82) is 0 Å². The Morgan fingerprint density at radius 2 is 1.73 bits per heavy atom. The van der Waals surface area contributed by atoms with E-state index in [0.717, 1.165) is 24.7 Å². The largest absolute Gasteiger partial charge is 0.486 e. The van der Waals surface area contributed by atoms with E-state index < -0.39 is 16.1 Å². The molecule has 9 nitrogen and oxygen atoms in total. The molecular weight excluding hydrogens is 577 g/mol. The summed E-state index contributed by atoms with van der Waals surface area (Å²) in [5, 5.41) is 3.68. The Hall–Kier alpha value is -2.69. The van der Waals surface area contributed by atoms with Gasteiger partial charge in [0.25, 0.3) is 0 Å². The number of benzene rings is 2. The molecule has 0 spiro atoms. The molecule has 2 aromatic rings. The van der Waals surface area contributed by atoms with E-state index in [4.69, 9.17) is 32.7 Å². The van der Waals surface area contributed by atoms with Crippen LogP contribution in [0, 0.1) is 0 Å². The van der Waals surface area contributed by atoms with Gasteiger partial charge in [-0.05, 0) is 49.1 Å². The van der Waals surface area contributed by atoms with Crippen molar-refractivity contribution >= 4 is 50.7 Å². The van der Waals surface area contributed by atoms with Gasteiger partial charge in [0.2, 0.25) is 21.8 Å². The van der Waals surface area contributed by atoms with Crippen LogP contribution < -0.4 is 19.1 Å². The van der Waals surface area contributed by atoms with Gasteiger partial charge in [0.1, 0.15) is 19.3 Å². The summed E-state index contributed by atoms with van der Waals surface area (Å²) in [5.74, 6) is 0.540. The van der Waals surface area contributed by atoms with E-state index >= 15 is 0 Å². The minimum Gasteiger partial charge on any atom is -0.486 e. The number of rotatable bonds is 14. The number of carbonyl (C=O) groups is 2. The zero-order chi connectivity index (χ0) is 29.3. The Morgan fingerprint density at radius 3 is 2.38 bits per heavy atom. The van der Waals surface area contributed by atoms with Gasteiger partial charge in [-0.1, -0.05) is 49.5 Å². The van der Waals surface area contributed by atoms with Crippen LogP contribution in [0.25, 0.3) is 0 Å². The van der Waals surface area contributed by atoms with Crippen LogP contribution in [0.1, 0.15) is 51.5 Å². The van der Waals surface area contributed by atoms with Gasteiger partial charge < -0.3 is 19.7 Å². The molecule has 0 bridgehead atoms. The lowest BCUT2D eigenvalue weighted by Gasteiger charge is -2.31. The number of carbonyl (C=O) groups excluding carboxylic acids is 2. The minimum atomic E-state index is -3.65. The summed E-state index contributed by atoms with van der Waals surface area (Å²) in [5.41, 5.74) is 1.16. The van der Waals surface area contributed by atoms with Crippen molar-refractivity contribution in [2.75, 3.05) is 36.9 Å². The second-order valence-electron chi connectivity index (χ2n) is 9.61. The van der Waals surface area contributed by atoms with Gasteiger partial charge in [0.15, 0.2) is 11.5 Å². The fraction of sp³-hybridized carbons (Fsp3) is 0.500. The predicted octanol–water partition coefficient (Wildman–Crippen LogP) is 5.03. The molecule has 2 aromatic carbocycles. The first-order valence-corrected chi connectivity index (χ1v) is 16.0. The molecule has 1 aliphatic rings. The molecule has 0 fully saturated rings. The Kier molecular flexibility index (Phi) is 11.8. The molecule has 220 valence electrons. The number of halogens is 2. The number of fused-ring (bicyclic) bond motifs is 1. The van der Waals surface area contributed by atoms with Crippen molar-refractivity contribution in [2.24, 2.45) is 0 Å². The van der Waals surface area contributed by atoms with Gasteiger partial charge >= 0.3 is 0 Å². The number of hydrogen-bond donors (Lipinski definition) is 1. The van der Waals surface area contributed by atoms with Gasteiger partial charge in [0, 0.05) is 32.1 Å². The van der Waals surface area contributed by atoms with E-state index in [1.165, 1.54) is 9.21 Å². The first-order valence-electron chi connectivity index (χ1n) is 13.4. The first-order chi connectivity index (χ1) is 19.0. The van der Waals surface area contributed by atoms with E-state index in [0.29, 0.717) is 53.4 Å². The average Bonchev–Trinajstić information content (AvgIpc) is 2.92. The van der Waals surface area contributed by atoms with Crippen molar-refractivity contribution in [2.45, 2.75) is 58.5 Å². The van der Waals surface area contributed by atoms with Gasteiger partial charge in [-0.2, -0.15) is 0 Å². The molecule has 1 N–H and O–H groups in total. The number of unbranched alkanes of at least 4 members (excludes halogenated alkanes) is 1. The zero-order valence-electron chi connectivity index (χ0n) is 23.1. The molecule has 0 aromatic heterocycles. The molecule has 0 saturated carbocycles. The molecule has 3 rings (SSSR count). The number of amides is 2. The topological polar surface area (TPSA) is 105 Å². The summed E-state index contributed by atoms with van der Waals surface area (Å²) < 4.78 is 37.7. The number of nitrogens with zero attached hydrogens (tertiary/aromatic N) is 2. The molecule has 2 amide bonds. The normalized spacial score (nSPS) is 13.4. The number of anilines is 1. The summed E-state index contributed by atoms with van der Waals surface area (Å²) in [6, 6.07) is 9.37. The first kappa shape index (κ1) is 31.8. The number of ether oxygens (including phenoxy) is 2. The van der Waals surface area contributed by atoms with E-state index in [1.807, 2.05) is 13.8 Å². The predicted molar refractivity (Wildman–Crippen MR) is 158 cm³/mol. The Labute approximate surface area is 246 Å². The van der Waals surface area contributed by atoms with Crippen LogP contribution in [0.5, 0.6) is 11.5 Å². The molecule has 1 atom stereocenters. The quantitative estimate of drug-likeness (QED) is 0.299. The van der Waals surface area contributed by atoms with E-state index in [-0.39, 0.29) is 37.7 Å². The molecule has 40 heavy (non-hydrogen) atoms. The molecule has 0 aliphatic carbocycles. The Balaban J connectivity index is 1.77. The fourth-order valence-corrected chi connectivity index (χ4v) is 5.73. The van der Waals surface area contributed by atoms with Crippen LogP contribution in [0.2, 0.25) is 10.0 Å². The van der Waals surface area contributed by atoms with Crippen LogP contribution in [0.4, 0.5) is 5.69 Å². The van der Waals surface area contributed by atoms with Crippen molar-refractivity contribution < 1.29 is 27.5 Å². The summed E-state index contributed by atoms with van der Waals surface area (Å²) in [4.78, 5) is 28.2. The number of hydrogen-bond acceptors (Lipinski definition) is 6. The van der Waals surface area contributed by atoms with Gasteiger partial charge in [-0.15, -0.1) is 0 Å². The van der Waals surface area contributed by atoms with Crippen LogP contribution in [0.15, 0.2) is 36.4 Å². The van der Waals surface area contributed by atoms with Crippen molar-refractivity contribution in [3.8, 4) is 11.5 Å². The number of sulfonamides is 1. The summed E-state index contributed by atoms with van der Waals surface area (Å²) in [6.07, 6.45) is 3.59. The maximum absolute atomic E-state index is 13.6. The highest BCUT2D eigenvalue weighted by molar-refractivity contribution is 7.92. The van der Waals surface area contributed by atoms with Crippen LogP contribution in [-0.4, -0.2) is 63.7 Å². The highest BCUT2D eigenvalue weighted by Gasteiger charge is 2.29. The molecule has 12 heteroatoms. The van der Waals surface area contributed by atoms with Crippen molar-refractivity contribution in [3.05, 3.63) is 52.0 Å². The molecule has 1 unspecified atom stereocenters. The molecule has 0 saturated heterocycles. The van der Waals surface area contributed by atoms with E-state index in [1.54, 1.807) is 36.4 Å². The zero-order valence-corrected chi connectivity index (χ0v) is 25.4. The third-order valence-electron chi connectivity index (χ3n) is 6.52.